The van der Waals surface area contributed by atoms with Crippen LogP contribution in [0.5, 0.6) is 0 Å². The molecule has 0 radical (unpaired) electrons. The first-order valence-corrected chi connectivity index (χ1v) is 8.47. The fourth-order valence-electron chi connectivity index (χ4n) is 2.98. The molecule has 1 amide bonds. The van der Waals surface area contributed by atoms with Gasteiger partial charge in [-0.15, -0.1) is 11.3 Å². The van der Waals surface area contributed by atoms with Crippen molar-refractivity contribution in [3.63, 3.8) is 0 Å². The van der Waals surface area contributed by atoms with Gasteiger partial charge >= 0.3 is 5.97 Å². The van der Waals surface area contributed by atoms with Gasteiger partial charge in [-0.1, -0.05) is 12.1 Å². The first kappa shape index (κ1) is 15.7. The zero-order valence-electron chi connectivity index (χ0n) is 12.9. The number of benzene rings is 1. The maximum absolute atomic E-state index is 12.6. The number of carboxylic acid groups (broad SMARTS) is 1. The van der Waals surface area contributed by atoms with E-state index in [4.69, 9.17) is 5.11 Å². The van der Waals surface area contributed by atoms with Crippen molar-refractivity contribution in [3.8, 4) is 0 Å². The lowest BCUT2D eigenvalue weighted by atomic mass is 9.90. The monoisotopic (exact) mass is 330 g/mol. The molecule has 23 heavy (non-hydrogen) atoms. The van der Waals surface area contributed by atoms with E-state index in [2.05, 4.69) is 4.98 Å². The van der Waals surface area contributed by atoms with Crippen LogP contribution in [0, 0.1) is 6.92 Å². The number of hydrogen-bond donors (Lipinski definition) is 1. The van der Waals surface area contributed by atoms with E-state index >= 15 is 0 Å². The topological polar surface area (TPSA) is 70.5 Å². The summed E-state index contributed by atoms with van der Waals surface area (Å²) in [6, 6.07) is 6.98. The van der Waals surface area contributed by atoms with E-state index in [0.717, 1.165) is 30.6 Å². The van der Waals surface area contributed by atoms with Crippen molar-refractivity contribution in [1.29, 1.82) is 0 Å². The van der Waals surface area contributed by atoms with Crippen molar-refractivity contribution in [2.75, 3.05) is 13.1 Å². The molecule has 120 valence electrons. The number of hydrogen-bond acceptors (Lipinski definition) is 4. The smallest absolute Gasteiger partial charge is 0.335 e. The molecule has 1 atom stereocenters. The minimum atomic E-state index is -0.919. The van der Waals surface area contributed by atoms with Crippen molar-refractivity contribution >= 4 is 23.2 Å². The maximum Gasteiger partial charge on any atom is 0.335 e. The SMILES string of the molecule is Cc1ncsc1C(=O)N1CCC[C@@H](c2ccc(C(=O)O)cc2)C1. The number of aromatic nitrogens is 1. The standard InChI is InChI=1S/C17H18N2O3S/c1-11-15(23-10-18-11)16(20)19-8-2-3-14(9-19)12-4-6-13(7-5-12)17(21)22/h4-7,10,14H,2-3,8-9H2,1H3,(H,21,22)/t14-/m1/s1. The molecule has 0 saturated carbocycles. The van der Waals surface area contributed by atoms with E-state index in [-0.39, 0.29) is 17.4 Å². The Hall–Kier alpha value is -2.21. The number of amides is 1. The molecule has 1 aliphatic rings. The first-order valence-electron chi connectivity index (χ1n) is 7.59. The molecular weight excluding hydrogens is 312 g/mol. The molecule has 6 heteroatoms. The molecule has 0 spiro atoms. The van der Waals surface area contributed by atoms with Gasteiger partial charge in [0.05, 0.1) is 16.8 Å². The molecule has 2 heterocycles. The van der Waals surface area contributed by atoms with Gasteiger partial charge in [0.25, 0.3) is 5.91 Å². The van der Waals surface area contributed by atoms with E-state index in [9.17, 15) is 9.59 Å². The molecule has 1 fully saturated rings. The number of nitrogens with zero attached hydrogens (tertiary/aromatic N) is 2. The second kappa shape index (κ2) is 6.50. The largest absolute Gasteiger partial charge is 0.478 e. The third kappa shape index (κ3) is 3.27. The van der Waals surface area contributed by atoms with Gasteiger partial charge in [-0.2, -0.15) is 0 Å². The van der Waals surface area contributed by atoms with Crippen molar-refractivity contribution in [1.82, 2.24) is 9.88 Å². The van der Waals surface area contributed by atoms with Gasteiger partial charge in [0.15, 0.2) is 0 Å². The molecule has 0 bridgehead atoms. The highest BCUT2D eigenvalue weighted by Crippen LogP contribution is 2.29. The van der Waals surface area contributed by atoms with Crippen LogP contribution in [-0.4, -0.2) is 40.0 Å². The van der Waals surface area contributed by atoms with Gasteiger partial charge in [0.2, 0.25) is 0 Å². The predicted octanol–water partition coefficient (Wildman–Crippen LogP) is 3.17. The summed E-state index contributed by atoms with van der Waals surface area (Å²) in [5.74, 6) is -0.613. The number of likely N-dealkylation sites (tertiary alicyclic amines) is 1. The quantitative estimate of drug-likeness (QED) is 0.938. The highest BCUT2D eigenvalue weighted by Gasteiger charge is 2.27. The number of piperidine rings is 1. The Kier molecular flexibility index (Phi) is 4.43. The number of carboxylic acids is 1. The number of carbonyl (C=O) groups is 2. The Morgan fingerprint density at radius 1 is 1.30 bits per heavy atom. The lowest BCUT2D eigenvalue weighted by Gasteiger charge is -2.33. The summed E-state index contributed by atoms with van der Waals surface area (Å²) >= 11 is 1.39. The zero-order valence-corrected chi connectivity index (χ0v) is 13.7. The Morgan fingerprint density at radius 3 is 2.65 bits per heavy atom. The number of aromatic carboxylic acids is 1. The fraction of sp³-hybridized carbons (Fsp3) is 0.353. The second-order valence-electron chi connectivity index (χ2n) is 5.78. The van der Waals surface area contributed by atoms with Crippen molar-refractivity contribution in [3.05, 3.63) is 51.5 Å². The van der Waals surface area contributed by atoms with Crippen molar-refractivity contribution in [2.45, 2.75) is 25.7 Å². The molecule has 3 rings (SSSR count). The number of aryl methyl sites for hydroxylation is 1. The van der Waals surface area contributed by atoms with Crippen molar-refractivity contribution in [2.24, 2.45) is 0 Å². The van der Waals surface area contributed by atoms with E-state index in [1.165, 1.54) is 11.3 Å². The van der Waals surface area contributed by atoms with Crippen LogP contribution in [0.2, 0.25) is 0 Å². The summed E-state index contributed by atoms with van der Waals surface area (Å²) in [5.41, 5.74) is 3.87. The van der Waals surface area contributed by atoms with Gasteiger partial charge in [-0.3, -0.25) is 4.79 Å². The van der Waals surface area contributed by atoms with Crippen LogP contribution < -0.4 is 0 Å². The average molecular weight is 330 g/mol. The summed E-state index contributed by atoms with van der Waals surface area (Å²) in [7, 11) is 0. The number of rotatable bonds is 3. The second-order valence-corrected chi connectivity index (χ2v) is 6.64. The third-order valence-corrected chi connectivity index (χ3v) is 5.19. The molecule has 0 unspecified atom stereocenters. The van der Waals surface area contributed by atoms with E-state index < -0.39 is 5.97 Å². The van der Waals surface area contributed by atoms with Gasteiger partial charge in [-0.25, -0.2) is 9.78 Å². The molecular formula is C17H18N2O3S. The average Bonchev–Trinajstić information content (AvgIpc) is 3.00. The molecule has 0 aliphatic carbocycles. The van der Waals surface area contributed by atoms with E-state index in [1.54, 1.807) is 17.6 Å². The zero-order chi connectivity index (χ0) is 16.4. The van der Waals surface area contributed by atoms with Gasteiger partial charge < -0.3 is 10.0 Å². The fourth-order valence-corrected chi connectivity index (χ4v) is 3.75. The number of carbonyl (C=O) groups excluding carboxylic acids is 1. The Balaban J connectivity index is 1.74. The lowest BCUT2D eigenvalue weighted by molar-refractivity contribution is 0.0694. The predicted molar refractivity (Wildman–Crippen MR) is 88.1 cm³/mol. The molecule has 1 aliphatic heterocycles. The first-order chi connectivity index (χ1) is 11.1. The van der Waals surface area contributed by atoms with E-state index in [0.29, 0.717) is 11.4 Å². The van der Waals surface area contributed by atoms with E-state index in [1.807, 2.05) is 24.0 Å². The lowest BCUT2D eigenvalue weighted by Crippen LogP contribution is -2.39. The highest BCUT2D eigenvalue weighted by atomic mass is 32.1. The van der Waals surface area contributed by atoms with Crippen LogP contribution in [0.25, 0.3) is 0 Å². The molecule has 1 aromatic carbocycles. The third-order valence-electron chi connectivity index (χ3n) is 4.28. The summed E-state index contributed by atoms with van der Waals surface area (Å²) < 4.78 is 0. The normalized spacial score (nSPS) is 18.0. The summed E-state index contributed by atoms with van der Waals surface area (Å²) in [4.78, 5) is 30.3. The minimum absolute atomic E-state index is 0.0526. The van der Waals surface area contributed by atoms with Crippen LogP contribution in [0.15, 0.2) is 29.8 Å². The van der Waals surface area contributed by atoms with Gasteiger partial charge in [0.1, 0.15) is 4.88 Å². The van der Waals surface area contributed by atoms with Crippen LogP contribution in [-0.2, 0) is 0 Å². The summed E-state index contributed by atoms with van der Waals surface area (Å²) in [5, 5.41) is 8.97. The molecule has 2 aromatic rings. The molecule has 1 aromatic heterocycles. The maximum atomic E-state index is 12.6. The summed E-state index contributed by atoms with van der Waals surface area (Å²) in [6.07, 6.45) is 1.97. The van der Waals surface area contributed by atoms with Crippen LogP contribution >= 0.6 is 11.3 Å². The molecule has 1 saturated heterocycles. The van der Waals surface area contributed by atoms with Crippen LogP contribution in [0.3, 0.4) is 0 Å². The summed E-state index contributed by atoms with van der Waals surface area (Å²) in [6.45, 7) is 3.29. The van der Waals surface area contributed by atoms with Crippen LogP contribution in [0.4, 0.5) is 0 Å². The number of thiazole rings is 1. The van der Waals surface area contributed by atoms with Crippen molar-refractivity contribution < 1.29 is 14.7 Å². The molecule has 5 nitrogen and oxygen atoms in total. The Morgan fingerprint density at radius 2 is 2.04 bits per heavy atom. The van der Waals surface area contributed by atoms with Crippen LogP contribution in [0.1, 0.15) is 50.0 Å². The Bertz CT molecular complexity index is 724. The highest BCUT2D eigenvalue weighted by molar-refractivity contribution is 7.11. The van der Waals surface area contributed by atoms with Gasteiger partial charge in [-0.05, 0) is 37.5 Å². The molecule has 1 N–H and O–H groups in total. The minimum Gasteiger partial charge on any atom is -0.478 e. The van der Waals surface area contributed by atoms with Gasteiger partial charge in [0, 0.05) is 19.0 Å². The Labute approximate surface area is 138 Å².